The number of phenols is 1. The number of rotatable bonds is 8. The zero-order valence-corrected chi connectivity index (χ0v) is 25.7. The predicted octanol–water partition coefficient (Wildman–Crippen LogP) is 5.77. The maximum atomic E-state index is 11.1. The van der Waals surface area contributed by atoms with Crippen LogP contribution < -0.4 is 5.43 Å². The molecule has 0 aliphatic heterocycles. The number of nitrogens with one attached hydrogen (secondary N) is 1. The van der Waals surface area contributed by atoms with Crippen LogP contribution in [0.1, 0.15) is 10.4 Å². The van der Waals surface area contributed by atoms with Gasteiger partial charge in [-0.3, -0.25) is 9.98 Å². The van der Waals surface area contributed by atoms with Crippen LogP contribution in [0.2, 0.25) is 0 Å². The molecule has 0 spiro atoms. The number of aromatic carboxylic acids is 1. The quantitative estimate of drug-likeness (QED) is 0.0911. The van der Waals surface area contributed by atoms with Gasteiger partial charge in [0.25, 0.3) is 10.1 Å². The number of carboxylic acids is 1. The predicted molar refractivity (Wildman–Crippen MR) is 147 cm³/mol. The second kappa shape index (κ2) is 14.4. The smallest absolute Gasteiger partial charge is 0.339 e. The Hall–Kier alpha value is -2.94. The molecule has 188 valence electrons. The van der Waals surface area contributed by atoms with Crippen molar-refractivity contribution in [2.75, 3.05) is 5.43 Å². The monoisotopic (exact) mass is 563 g/mol. The fraction of sp³-hybridized carbons (Fsp3) is 0. The van der Waals surface area contributed by atoms with E-state index in [1.807, 2.05) is 36.4 Å². The third-order valence-corrected chi connectivity index (χ3v) is 5.92. The molecule has 4 N–H and O–H groups in total. The molecule has 0 heterocycles. The van der Waals surface area contributed by atoms with Gasteiger partial charge in [-0.15, -0.1) is 5.11 Å². The Labute approximate surface area is 268 Å². The largest absolute Gasteiger partial charge is 0.507 e. The second-order valence-corrected chi connectivity index (χ2v) is 9.03. The average molecular weight is 564 g/mol. The van der Waals surface area contributed by atoms with E-state index in [4.69, 9.17) is 9.66 Å². The number of carboxylic acid groups (broad SMARTS) is 1. The number of azo groups is 1. The van der Waals surface area contributed by atoms with Gasteiger partial charge >= 0.3 is 5.97 Å². The van der Waals surface area contributed by atoms with Crippen molar-refractivity contribution in [2.24, 2.45) is 20.6 Å². The number of hydrogen-bond donors (Lipinski definition) is 4. The van der Waals surface area contributed by atoms with Crippen LogP contribution >= 0.6 is 0 Å². The molecule has 39 heavy (non-hydrogen) atoms. The average Bonchev–Trinajstić information content (AvgIpc) is 2.88. The Balaban J connectivity index is 0.00000267. The Morgan fingerprint density at radius 3 is 1.74 bits per heavy atom. The van der Waals surface area contributed by atoms with Crippen LogP contribution in [0.4, 0.5) is 22.7 Å². The molecule has 0 unspecified atom stereocenters. The minimum absolute atomic E-state index is 0. The molecule has 0 atom stereocenters. The van der Waals surface area contributed by atoms with Crippen molar-refractivity contribution in [1.82, 2.24) is 0 Å². The minimum atomic E-state index is -4.26. The second-order valence-electron chi connectivity index (χ2n) is 7.61. The van der Waals surface area contributed by atoms with Crippen LogP contribution in [0.15, 0.2) is 116 Å². The van der Waals surface area contributed by atoms with Gasteiger partial charge in [-0.2, -0.15) is 18.6 Å². The Bertz CT molecular complexity index is 1600. The Morgan fingerprint density at radius 1 is 0.692 bits per heavy atom. The van der Waals surface area contributed by atoms with E-state index < -0.39 is 16.1 Å². The maximum absolute atomic E-state index is 11.1. The summed E-state index contributed by atoms with van der Waals surface area (Å²) < 4.78 is 31.1. The summed E-state index contributed by atoms with van der Waals surface area (Å²) in [5.41, 5.74) is 6.36. The molecule has 0 aliphatic carbocycles. The fourth-order valence-electron chi connectivity index (χ4n) is 3.16. The molecule has 4 aromatic carbocycles. The van der Waals surface area contributed by atoms with Crippen LogP contribution in [-0.2, 0) is 10.1 Å². The summed E-state index contributed by atoms with van der Waals surface area (Å²) in [7, 11) is -4.26. The summed E-state index contributed by atoms with van der Waals surface area (Å²) in [6.45, 7) is 0. The van der Waals surface area contributed by atoms with Gasteiger partial charge in [0.1, 0.15) is 11.3 Å². The molecule has 0 saturated heterocycles. The summed E-state index contributed by atoms with van der Waals surface area (Å²) in [4.78, 5) is 10.9. The van der Waals surface area contributed by atoms with Gasteiger partial charge in [-0.25, -0.2) is 4.79 Å². The van der Waals surface area contributed by atoms with Gasteiger partial charge in [0.15, 0.2) is 0 Å². The van der Waals surface area contributed by atoms with E-state index in [0.29, 0.717) is 22.7 Å². The van der Waals surface area contributed by atoms with Crippen LogP contribution in [-0.4, -0.2) is 88.3 Å². The first kappa shape index (κ1) is 32.3. The Morgan fingerprint density at radius 2 is 1.18 bits per heavy atom. The third-order valence-electron chi connectivity index (χ3n) is 5.06. The normalized spacial score (nSPS) is 11.1. The first-order valence-electron chi connectivity index (χ1n) is 10.6. The molecule has 0 amide bonds. The van der Waals surface area contributed by atoms with E-state index in [-0.39, 0.29) is 75.3 Å². The van der Waals surface area contributed by atoms with Gasteiger partial charge in [-0.1, -0.05) is 29.5 Å². The summed E-state index contributed by atoms with van der Waals surface area (Å²) >= 11 is 0. The van der Waals surface area contributed by atoms with Gasteiger partial charge in [0.2, 0.25) is 0 Å². The number of benzene rings is 4. The van der Waals surface area contributed by atoms with Crippen molar-refractivity contribution in [3.05, 3.63) is 96.6 Å². The molecule has 4 rings (SSSR count). The van der Waals surface area contributed by atoms with Crippen LogP contribution in [0, 0.1) is 0 Å². The molecule has 11 nitrogen and oxygen atoms in total. The topological polar surface area (TPSA) is 173 Å². The number of nitrogens with zero attached hydrogens (tertiary/aromatic N) is 4. The van der Waals surface area contributed by atoms with Crippen molar-refractivity contribution in [2.45, 2.75) is 4.90 Å². The van der Waals surface area contributed by atoms with E-state index in [0.717, 1.165) is 11.1 Å². The van der Waals surface area contributed by atoms with Gasteiger partial charge in [0.05, 0.1) is 27.6 Å². The number of aromatic hydroxyl groups is 1. The van der Waals surface area contributed by atoms with Crippen LogP contribution in [0.3, 0.4) is 0 Å². The zero-order chi connectivity index (χ0) is 26.4. The van der Waals surface area contributed by atoms with Gasteiger partial charge in [-0.05, 0) is 77.9 Å². The van der Waals surface area contributed by atoms with E-state index >= 15 is 0 Å². The maximum Gasteiger partial charge on any atom is 0.339 e. The molecule has 0 aliphatic rings. The molecule has 4 aromatic rings. The minimum Gasteiger partial charge on any atom is -0.507 e. The van der Waals surface area contributed by atoms with Gasteiger partial charge < -0.3 is 10.2 Å². The summed E-state index contributed by atoms with van der Waals surface area (Å²) in [5.74, 6) is -1.59. The molecule has 2 radical (unpaired) electrons. The van der Waals surface area contributed by atoms with Crippen LogP contribution in [0.25, 0.3) is 11.1 Å². The molecule has 0 fully saturated rings. The van der Waals surface area contributed by atoms with E-state index in [2.05, 4.69) is 26.0 Å². The summed E-state index contributed by atoms with van der Waals surface area (Å²) in [6, 6.07) is 23.9. The number of carbonyl (C=O) groups is 1. The zero-order valence-electron chi connectivity index (χ0n) is 20.9. The molecule has 0 bridgehead atoms. The fourth-order valence-corrected chi connectivity index (χ4v) is 3.64. The molecular weight excluding hydrogens is 544 g/mol. The summed E-state index contributed by atoms with van der Waals surface area (Å²) in [6.07, 6.45) is 0. The van der Waals surface area contributed by atoms with Crippen molar-refractivity contribution in [3.8, 4) is 16.9 Å². The molecule has 0 aromatic heterocycles. The van der Waals surface area contributed by atoms with E-state index in [9.17, 15) is 18.3 Å². The van der Waals surface area contributed by atoms with E-state index in [1.165, 1.54) is 42.5 Å². The first-order valence-corrected chi connectivity index (χ1v) is 12.1. The summed E-state index contributed by atoms with van der Waals surface area (Å²) in [5, 5.41) is 34.6. The number of anilines is 1. The third kappa shape index (κ3) is 9.05. The van der Waals surface area contributed by atoms with Gasteiger partial charge in [0, 0.05) is 59.1 Å². The molecular formula is C25H19N5Na2O6S. The van der Waals surface area contributed by atoms with Crippen molar-refractivity contribution in [1.29, 1.82) is 0 Å². The van der Waals surface area contributed by atoms with Crippen molar-refractivity contribution < 1.29 is 28.0 Å². The molecule has 0 saturated carbocycles. The van der Waals surface area contributed by atoms with Crippen LogP contribution in [0.5, 0.6) is 5.75 Å². The first-order chi connectivity index (χ1) is 17.7. The van der Waals surface area contributed by atoms with Crippen molar-refractivity contribution in [3.63, 3.8) is 0 Å². The Kier molecular flexibility index (Phi) is 12.0. The SMILES string of the molecule is O=C(O)c1cc(N=Nc2ccc(-c3ccc(NN=Nc4ccc(S(=O)(=O)O)cc4)cc3)cc2)ccc1O.[Na].[Na]. The van der Waals surface area contributed by atoms with E-state index in [1.54, 1.807) is 12.1 Å². The standard InChI is InChI=1S/C25H19N5O6S.2Na/c31-24-14-11-21(15-23(24)25(32)33)27-26-18-5-1-16(2-6-18)17-3-7-19(8-4-17)28-30-29-20-9-12-22(13-10-20)37(34,35)36;;/h1-15,31H,(H,28,29)(H,32,33)(H,34,35,36);;. The number of hydrogen-bond acceptors (Lipinski definition) is 8. The molecule has 14 heteroatoms. The van der Waals surface area contributed by atoms with Crippen molar-refractivity contribution >= 4 is 98.0 Å².